The van der Waals surface area contributed by atoms with Crippen LogP contribution in [0.2, 0.25) is 0 Å². The highest BCUT2D eigenvalue weighted by molar-refractivity contribution is 7.09. The average molecular weight is 313 g/mol. The van der Waals surface area contributed by atoms with Crippen molar-refractivity contribution in [2.75, 3.05) is 13.6 Å². The van der Waals surface area contributed by atoms with Crippen LogP contribution in [0, 0.1) is 0 Å². The molecule has 0 bridgehead atoms. The molecule has 0 spiro atoms. The van der Waals surface area contributed by atoms with Gasteiger partial charge in [-0.15, -0.1) is 11.3 Å². The zero-order valence-corrected chi connectivity index (χ0v) is 13.3. The number of aromatic nitrogens is 2. The van der Waals surface area contributed by atoms with Crippen LogP contribution in [0.15, 0.2) is 46.8 Å². The summed E-state index contributed by atoms with van der Waals surface area (Å²) in [6.07, 6.45) is 0.828. The van der Waals surface area contributed by atoms with Gasteiger partial charge >= 0.3 is 0 Å². The number of aliphatic imine (C=N–C) groups is 1. The molecule has 2 heterocycles. The Bertz CT molecular complexity index is 712. The van der Waals surface area contributed by atoms with E-state index in [4.69, 9.17) is 0 Å². The van der Waals surface area contributed by atoms with Crippen molar-refractivity contribution in [1.82, 2.24) is 20.6 Å². The molecule has 0 fully saturated rings. The zero-order chi connectivity index (χ0) is 15.2. The number of hydrogen-bond donors (Lipinski definition) is 3. The predicted octanol–water partition coefficient (Wildman–Crippen LogP) is 2.53. The number of hydrogen-bond acceptors (Lipinski definition) is 3. The fourth-order valence-corrected chi connectivity index (χ4v) is 2.87. The van der Waals surface area contributed by atoms with Gasteiger partial charge in [-0.2, -0.15) is 0 Å². The largest absolute Gasteiger partial charge is 0.356 e. The summed E-state index contributed by atoms with van der Waals surface area (Å²) in [6.45, 7) is 1.58. The SMILES string of the molecule is CN=C(NCCc1nc2ccccc2[nH]1)NCc1cccs1. The van der Waals surface area contributed by atoms with Gasteiger partial charge in [0.2, 0.25) is 0 Å². The lowest BCUT2D eigenvalue weighted by Gasteiger charge is -2.10. The molecule has 0 saturated carbocycles. The topological polar surface area (TPSA) is 65.1 Å². The highest BCUT2D eigenvalue weighted by atomic mass is 32.1. The molecule has 0 aliphatic rings. The first kappa shape index (κ1) is 14.6. The molecular formula is C16H19N5S. The second-order valence-corrected chi connectivity index (χ2v) is 5.91. The summed E-state index contributed by atoms with van der Waals surface area (Å²) < 4.78 is 0. The molecule has 0 amide bonds. The van der Waals surface area contributed by atoms with E-state index >= 15 is 0 Å². The predicted molar refractivity (Wildman–Crippen MR) is 92.3 cm³/mol. The lowest BCUT2D eigenvalue weighted by atomic mass is 10.3. The Hall–Kier alpha value is -2.34. The molecule has 0 unspecified atom stereocenters. The van der Waals surface area contributed by atoms with Gasteiger partial charge in [-0.25, -0.2) is 4.98 Å². The standard InChI is InChI=1S/C16H19N5S/c1-17-16(19-11-12-5-4-10-22-12)18-9-8-15-20-13-6-2-3-7-14(13)21-15/h2-7,10H,8-9,11H2,1H3,(H,20,21)(H2,17,18,19). The molecule has 22 heavy (non-hydrogen) atoms. The van der Waals surface area contributed by atoms with E-state index in [0.717, 1.165) is 42.3 Å². The molecule has 0 aliphatic heterocycles. The third-order valence-electron chi connectivity index (χ3n) is 3.33. The van der Waals surface area contributed by atoms with Crippen molar-refractivity contribution in [3.8, 4) is 0 Å². The van der Waals surface area contributed by atoms with Gasteiger partial charge in [0.25, 0.3) is 0 Å². The van der Waals surface area contributed by atoms with E-state index < -0.39 is 0 Å². The molecule has 0 radical (unpaired) electrons. The maximum absolute atomic E-state index is 4.57. The number of aromatic amines is 1. The van der Waals surface area contributed by atoms with E-state index in [2.05, 4.69) is 43.1 Å². The number of para-hydroxylation sites is 2. The first-order valence-corrected chi connectivity index (χ1v) is 8.13. The van der Waals surface area contributed by atoms with Gasteiger partial charge in [0.1, 0.15) is 5.82 Å². The lowest BCUT2D eigenvalue weighted by molar-refractivity contribution is 0.780. The van der Waals surface area contributed by atoms with Crippen LogP contribution < -0.4 is 10.6 Å². The van der Waals surface area contributed by atoms with Crippen molar-refractivity contribution in [1.29, 1.82) is 0 Å². The molecule has 0 aliphatic carbocycles. The first-order chi connectivity index (χ1) is 10.8. The van der Waals surface area contributed by atoms with Crippen LogP contribution in [0.5, 0.6) is 0 Å². The lowest BCUT2D eigenvalue weighted by Crippen LogP contribution is -2.37. The summed E-state index contributed by atoms with van der Waals surface area (Å²) in [4.78, 5) is 13.4. The van der Waals surface area contributed by atoms with E-state index in [-0.39, 0.29) is 0 Å². The van der Waals surface area contributed by atoms with Gasteiger partial charge in [0, 0.05) is 24.9 Å². The van der Waals surface area contributed by atoms with Crippen molar-refractivity contribution in [2.24, 2.45) is 4.99 Å². The average Bonchev–Trinajstić information content (AvgIpc) is 3.19. The summed E-state index contributed by atoms with van der Waals surface area (Å²) in [7, 11) is 1.78. The second kappa shape index (κ2) is 7.09. The van der Waals surface area contributed by atoms with Gasteiger partial charge < -0.3 is 15.6 Å². The van der Waals surface area contributed by atoms with Gasteiger partial charge in [0.05, 0.1) is 17.6 Å². The number of rotatable bonds is 5. The minimum Gasteiger partial charge on any atom is -0.356 e. The fraction of sp³-hybridized carbons (Fsp3) is 0.250. The Kier molecular flexibility index (Phi) is 4.70. The first-order valence-electron chi connectivity index (χ1n) is 7.25. The van der Waals surface area contributed by atoms with E-state index in [9.17, 15) is 0 Å². The Balaban J connectivity index is 1.48. The molecule has 0 atom stereocenters. The quantitative estimate of drug-likeness (QED) is 0.501. The molecule has 5 nitrogen and oxygen atoms in total. The summed E-state index contributed by atoms with van der Waals surface area (Å²) in [5, 5.41) is 8.69. The molecule has 3 aromatic rings. The number of thiophene rings is 1. The minimum absolute atomic E-state index is 0.782. The number of benzene rings is 1. The van der Waals surface area contributed by atoms with Crippen molar-refractivity contribution in [3.05, 3.63) is 52.5 Å². The Morgan fingerprint density at radius 1 is 1.23 bits per heavy atom. The second-order valence-electron chi connectivity index (χ2n) is 4.88. The van der Waals surface area contributed by atoms with Gasteiger partial charge in [0.15, 0.2) is 5.96 Å². The van der Waals surface area contributed by atoms with Crippen LogP contribution in [0.4, 0.5) is 0 Å². The maximum Gasteiger partial charge on any atom is 0.191 e. The van der Waals surface area contributed by atoms with Crippen LogP contribution in [0.25, 0.3) is 11.0 Å². The molecular weight excluding hydrogens is 294 g/mol. The highest BCUT2D eigenvalue weighted by Crippen LogP contribution is 2.10. The molecule has 114 valence electrons. The van der Waals surface area contributed by atoms with Crippen LogP contribution in [-0.2, 0) is 13.0 Å². The Morgan fingerprint density at radius 2 is 2.14 bits per heavy atom. The number of guanidine groups is 1. The molecule has 0 saturated heterocycles. The molecule has 1 aromatic carbocycles. The van der Waals surface area contributed by atoms with Gasteiger partial charge in [-0.1, -0.05) is 18.2 Å². The van der Waals surface area contributed by atoms with E-state index in [1.165, 1.54) is 4.88 Å². The van der Waals surface area contributed by atoms with Crippen molar-refractivity contribution in [3.63, 3.8) is 0 Å². The van der Waals surface area contributed by atoms with Crippen LogP contribution in [0.3, 0.4) is 0 Å². The maximum atomic E-state index is 4.57. The third kappa shape index (κ3) is 3.65. The summed E-state index contributed by atoms with van der Waals surface area (Å²) in [5.41, 5.74) is 2.09. The van der Waals surface area contributed by atoms with Crippen molar-refractivity contribution >= 4 is 28.3 Å². The normalized spacial score (nSPS) is 11.8. The Morgan fingerprint density at radius 3 is 2.91 bits per heavy atom. The third-order valence-corrected chi connectivity index (χ3v) is 4.20. The number of fused-ring (bicyclic) bond motifs is 1. The van der Waals surface area contributed by atoms with E-state index in [1.807, 2.05) is 24.3 Å². The minimum atomic E-state index is 0.782. The van der Waals surface area contributed by atoms with Gasteiger partial charge in [-0.05, 0) is 23.6 Å². The van der Waals surface area contributed by atoms with Crippen LogP contribution in [-0.4, -0.2) is 29.5 Å². The summed E-state index contributed by atoms with van der Waals surface area (Å²) in [6, 6.07) is 12.2. The smallest absolute Gasteiger partial charge is 0.191 e. The van der Waals surface area contributed by atoms with Crippen molar-refractivity contribution < 1.29 is 0 Å². The monoisotopic (exact) mass is 313 g/mol. The molecule has 6 heteroatoms. The van der Waals surface area contributed by atoms with Crippen molar-refractivity contribution in [2.45, 2.75) is 13.0 Å². The summed E-state index contributed by atoms with van der Waals surface area (Å²) >= 11 is 1.74. The van der Waals surface area contributed by atoms with E-state index in [1.54, 1.807) is 18.4 Å². The molecule has 2 aromatic heterocycles. The number of H-pyrrole nitrogens is 1. The number of nitrogens with one attached hydrogen (secondary N) is 3. The van der Waals surface area contributed by atoms with Crippen LogP contribution in [0.1, 0.15) is 10.7 Å². The Labute approximate surface area is 133 Å². The summed E-state index contributed by atoms with van der Waals surface area (Å²) in [5.74, 6) is 1.80. The molecule has 3 N–H and O–H groups in total. The van der Waals surface area contributed by atoms with Gasteiger partial charge in [-0.3, -0.25) is 4.99 Å². The number of nitrogens with zero attached hydrogens (tertiary/aromatic N) is 2. The highest BCUT2D eigenvalue weighted by Gasteiger charge is 2.03. The molecule has 3 rings (SSSR count). The van der Waals surface area contributed by atoms with E-state index in [0.29, 0.717) is 0 Å². The number of imidazole rings is 1. The fourth-order valence-electron chi connectivity index (χ4n) is 2.23. The zero-order valence-electron chi connectivity index (χ0n) is 12.5. The van der Waals surface area contributed by atoms with Crippen LogP contribution >= 0.6 is 11.3 Å².